The Kier molecular flexibility index (Phi) is 3.06. The number of aromatic nitrogens is 3. The first-order valence-electron chi connectivity index (χ1n) is 4.73. The minimum Gasteiger partial charge on any atom is -0.382 e. The molecule has 4 nitrogen and oxygen atoms in total. The summed E-state index contributed by atoms with van der Waals surface area (Å²) in [6.07, 6.45) is 3.57. The van der Waals surface area contributed by atoms with E-state index in [0.29, 0.717) is 5.82 Å². The Morgan fingerprint density at radius 3 is 2.50 bits per heavy atom. The van der Waals surface area contributed by atoms with Crippen LogP contribution in [0.25, 0.3) is 10.9 Å². The van der Waals surface area contributed by atoms with Crippen molar-refractivity contribution in [3.63, 3.8) is 0 Å². The number of nitrogens with zero attached hydrogens (tertiary/aromatic N) is 3. The highest BCUT2D eigenvalue weighted by atomic mass is 15.3. The first-order valence-corrected chi connectivity index (χ1v) is 4.73. The number of hydrogen-bond donors (Lipinski definition) is 1. The summed E-state index contributed by atoms with van der Waals surface area (Å²) in [7, 11) is 1.86. The number of hydrogen-bond acceptors (Lipinski definition) is 3. The number of pyridine rings is 1. The lowest BCUT2D eigenvalue weighted by molar-refractivity contribution is 0.796. The first-order chi connectivity index (χ1) is 6.70. The monoisotopic (exact) mass is 192 g/mol. The van der Waals surface area contributed by atoms with Crippen molar-refractivity contribution < 1.29 is 0 Å². The van der Waals surface area contributed by atoms with Gasteiger partial charge in [-0.15, -0.1) is 0 Å². The SMILES string of the molecule is CC.Cc1cnc(N)c2c1cnn2C. The molecule has 0 fully saturated rings. The molecule has 0 spiro atoms. The lowest BCUT2D eigenvalue weighted by Gasteiger charge is -1.99. The molecule has 0 unspecified atom stereocenters. The van der Waals surface area contributed by atoms with Gasteiger partial charge in [0.25, 0.3) is 0 Å². The van der Waals surface area contributed by atoms with Crippen molar-refractivity contribution in [2.75, 3.05) is 5.73 Å². The Morgan fingerprint density at radius 1 is 1.29 bits per heavy atom. The van der Waals surface area contributed by atoms with Gasteiger partial charge in [-0.3, -0.25) is 4.68 Å². The fraction of sp³-hybridized carbons (Fsp3) is 0.400. The largest absolute Gasteiger partial charge is 0.382 e. The smallest absolute Gasteiger partial charge is 0.149 e. The Bertz CT molecular complexity index is 431. The number of rotatable bonds is 0. The molecule has 0 aliphatic rings. The van der Waals surface area contributed by atoms with E-state index >= 15 is 0 Å². The van der Waals surface area contributed by atoms with Crippen LogP contribution >= 0.6 is 0 Å². The zero-order valence-corrected chi connectivity index (χ0v) is 9.07. The predicted molar refractivity (Wildman–Crippen MR) is 59.0 cm³/mol. The molecule has 0 saturated heterocycles. The summed E-state index contributed by atoms with van der Waals surface area (Å²) in [6, 6.07) is 0. The van der Waals surface area contributed by atoms with E-state index in [-0.39, 0.29) is 0 Å². The number of anilines is 1. The van der Waals surface area contributed by atoms with E-state index in [1.54, 1.807) is 10.9 Å². The van der Waals surface area contributed by atoms with Crippen LogP contribution in [0.4, 0.5) is 5.82 Å². The van der Waals surface area contributed by atoms with Crippen LogP contribution in [0.5, 0.6) is 0 Å². The van der Waals surface area contributed by atoms with Gasteiger partial charge in [0.2, 0.25) is 0 Å². The molecule has 0 radical (unpaired) electrons. The third kappa shape index (κ3) is 1.55. The van der Waals surface area contributed by atoms with Crippen molar-refractivity contribution in [1.29, 1.82) is 0 Å². The van der Waals surface area contributed by atoms with E-state index in [0.717, 1.165) is 16.5 Å². The molecule has 2 N–H and O–H groups in total. The molecule has 2 aromatic rings. The Balaban J connectivity index is 0.000000461. The maximum Gasteiger partial charge on any atom is 0.149 e. The topological polar surface area (TPSA) is 56.7 Å². The van der Waals surface area contributed by atoms with E-state index in [1.807, 2.05) is 34.0 Å². The van der Waals surface area contributed by atoms with Crippen LogP contribution in [0, 0.1) is 6.92 Å². The van der Waals surface area contributed by atoms with Crippen molar-refractivity contribution in [1.82, 2.24) is 14.8 Å². The fourth-order valence-corrected chi connectivity index (χ4v) is 1.33. The van der Waals surface area contributed by atoms with Gasteiger partial charge in [-0.05, 0) is 12.5 Å². The van der Waals surface area contributed by atoms with Gasteiger partial charge in [-0.2, -0.15) is 5.10 Å². The quantitative estimate of drug-likeness (QED) is 0.693. The van der Waals surface area contributed by atoms with Crippen molar-refractivity contribution >= 4 is 16.7 Å². The second-order valence-corrected chi connectivity index (χ2v) is 2.86. The van der Waals surface area contributed by atoms with Gasteiger partial charge >= 0.3 is 0 Å². The zero-order valence-electron chi connectivity index (χ0n) is 9.07. The highest BCUT2D eigenvalue weighted by Crippen LogP contribution is 2.20. The molecule has 14 heavy (non-hydrogen) atoms. The summed E-state index contributed by atoms with van der Waals surface area (Å²) in [5.74, 6) is 0.538. The van der Waals surface area contributed by atoms with E-state index < -0.39 is 0 Å². The van der Waals surface area contributed by atoms with Gasteiger partial charge in [-0.1, -0.05) is 13.8 Å². The van der Waals surface area contributed by atoms with Crippen LogP contribution in [0.2, 0.25) is 0 Å². The molecule has 0 atom stereocenters. The molecule has 0 amide bonds. The molecule has 0 aliphatic heterocycles. The van der Waals surface area contributed by atoms with Crippen LogP contribution in [0.15, 0.2) is 12.4 Å². The minimum atomic E-state index is 0.538. The summed E-state index contributed by atoms with van der Waals surface area (Å²) in [5, 5.41) is 5.19. The molecule has 76 valence electrons. The summed E-state index contributed by atoms with van der Waals surface area (Å²) in [6.45, 7) is 6.00. The van der Waals surface area contributed by atoms with Crippen LogP contribution in [0.3, 0.4) is 0 Å². The second-order valence-electron chi connectivity index (χ2n) is 2.86. The maximum absolute atomic E-state index is 5.70. The molecular weight excluding hydrogens is 176 g/mol. The minimum absolute atomic E-state index is 0.538. The molecule has 0 bridgehead atoms. The molecule has 0 aromatic carbocycles. The summed E-state index contributed by atoms with van der Waals surface area (Å²) < 4.78 is 1.74. The molecule has 0 aliphatic carbocycles. The molecule has 2 aromatic heterocycles. The van der Waals surface area contributed by atoms with Gasteiger partial charge < -0.3 is 5.73 Å². The van der Waals surface area contributed by atoms with Gasteiger partial charge in [0.1, 0.15) is 11.3 Å². The van der Waals surface area contributed by atoms with Crippen molar-refractivity contribution in [3.8, 4) is 0 Å². The van der Waals surface area contributed by atoms with Crippen molar-refractivity contribution in [3.05, 3.63) is 18.0 Å². The van der Waals surface area contributed by atoms with E-state index in [9.17, 15) is 0 Å². The summed E-state index contributed by atoms with van der Waals surface area (Å²) >= 11 is 0. The van der Waals surface area contributed by atoms with Crippen molar-refractivity contribution in [2.45, 2.75) is 20.8 Å². The third-order valence-corrected chi connectivity index (χ3v) is 2.00. The lowest BCUT2D eigenvalue weighted by atomic mass is 10.2. The van der Waals surface area contributed by atoms with Gasteiger partial charge in [0.15, 0.2) is 0 Å². The number of nitrogens with two attached hydrogens (primary N) is 1. The highest BCUT2D eigenvalue weighted by molar-refractivity contribution is 5.89. The fourth-order valence-electron chi connectivity index (χ4n) is 1.33. The second kappa shape index (κ2) is 4.09. The number of fused-ring (bicyclic) bond motifs is 1. The molecule has 0 saturated carbocycles. The van der Waals surface area contributed by atoms with Crippen LogP contribution < -0.4 is 5.73 Å². The van der Waals surface area contributed by atoms with Gasteiger partial charge in [0.05, 0.1) is 6.20 Å². The van der Waals surface area contributed by atoms with Gasteiger partial charge in [-0.25, -0.2) is 4.98 Å². The molecule has 4 heteroatoms. The summed E-state index contributed by atoms with van der Waals surface area (Å²) in [4.78, 5) is 4.06. The Hall–Kier alpha value is -1.58. The van der Waals surface area contributed by atoms with Gasteiger partial charge in [0, 0.05) is 18.6 Å². The average Bonchev–Trinajstić information content (AvgIpc) is 2.59. The van der Waals surface area contributed by atoms with Crippen molar-refractivity contribution in [2.24, 2.45) is 7.05 Å². The Morgan fingerprint density at radius 2 is 1.93 bits per heavy atom. The predicted octanol–water partition coefficient (Wildman–Crippen LogP) is 1.89. The van der Waals surface area contributed by atoms with Crippen LogP contribution in [-0.2, 0) is 7.05 Å². The molecular formula is C10H16N4. The van der Waals surface area contributed by atoms with E-state index in [1.165, 1.54) is 0 Å². The normalized spacial score (nSPS) is 9.71. The standard InChI is InChI=1S/C8H10N4.C2H6/c1-5-3-10-8(9)7-6(5)4-11-12(7)2;1-2/h3-4H,1-2H3,(H2,9,10);1-2H3. The Labute approximate surface area is 83.7 Å². The van der Waals surface area contributed by atoms with E-state index in [2.05, 4.69) is 10.1 Å². The highest BCUT2D eigenvalue weighted by Gasteiger charge is 2.05. The first kappa shape index (κ1) is 10.5. The average molecular weight is 192 g/mol. The third-order valence-electron chi connectivity index (χ3n) is 2.00. The maximum atomic E-state index is 5.70. The molecule has 2 heterocycles. The summed E-state index contributed by atoms with van der Waals surface area (Å²) in [5.41, 5.74) is 7.71. The van der Waals surface area contributed by atoms with E-state index in [4.69, 9.17) is 5.73 Å². The number of aryl methyl sites for hydroxylation is 2. The lowest BCUT2D eigenvalue weighted by Crippen LogP contribution is -1.97. The molecule has 2 rings (SSSR count). The van der Waals surface area contributed by atoms with Crippen LogP contribution in [0.1, 0.15) is 19.4 Å². The number of nitrogen functional groups attached to an aromatic ring is 1. The van der Waals surface area contributed by atoms with Crippen LogP contribution in [-0.4, -0.2) is 14.8 Å². The zero-order chi connectivity index (χ0) is 10.7.